The Kier molecular flexibility index (Phi) is 4.45. The Hall–Kier alpha value is -1.81. The molecule has 1 heterocycles. The van der Waals surface area contributed by atoms with Crippen molar-refractivity contribution in [1.82, 2.24) is 0 Å². The number of hydrogen-bond donors (Lipinski definition) is 1. The van der Waals surface area contributed by atoms with Crippen LogP contribution in [0.5, 0.6) is 0 Å². The maximum absolute atomic E-state index is 12.2. The minimum absolute atomic E-state index is 0.329. The molecule has 1 aromatic heterocycles. The summed E-state index contributed by atoms with van der Waals surface area (Å²) < 4.78 is 5.25. The Morgan fingerprint density at radius 3 is 2.50 bits per heavy atom. The molecule has 0 unspecified atom stereocenters. The van der Waals surface area contributed by atoms with Crippen LogP contribution in [-0.4, -0.2) is 12.6 Å². The topological polar surface area (TPSA) is 52.3 Å². The minimum Gasteiger partial charge on any atom is -0.462 e. The monoisotopic (exact) mass is 289 g/mol. The highest BCUT2D eigenvalue weighted by atomic mass is 32.1. The molecule has 0 bridgehead atoms. The number of esters is 1. The molecule has 1 aromatic carbocycles. The Bertz CT molecular complexity index is 614. The Morgan fingerprint density at radius 1 is 1.25 bits per heavy atom. The largest absolute Gasteiger partial charge is 0.462 e. The van der Waals surface area contributed by atoms with E-state index in [1.54, 1.807) is 0 Å². The van der Waals surface area contributed by atoms with Gasteiger partial charge in [0.25, 0.3) is 0 Å². The molecule has 2 rings (SSSR count). The molecule has 2 N–H and O–H groups in total. The number of benzene rings is 1. The molecular weight excluding hydrogens is 270 g/mol. The summed E-state index contributed by atoms with van der Waals surface area (Å²) in [5.74, 6) is -0.329. The molecule has 0 aliphatic rings. The van der Waals surface area contributed by atoms with E-state index in [-0.39, 0.29) is 5.97 Å². The lowest BCUT2D eigenvalue weighted by atomic mass is 10.0. The summed E-state index contributed by atoms with van der Waals surface area (Å²) in [6.07, 6.45) is 0.800. The van der Waals surface area contributed by atoms with Crippen molar-refractivity contribution in [2.24, 2.45) is 0 Å². The van der Waals surface area contributed by atoms with Crippen molar-refractivity contribution in [2.75, 3.05) is 12.3 Å². The predicted molar refractivity (Wildman–Crippen MR) is 84.2 cm³/mol. The molecule has 0 spiro atoms. The van der Waals surface area contributed by atoms with E-state index in [0.29, 0.717) is 17.2 Å². The molecule has 0 radical (unpaired) electrons. The van der Waals surface area contributed by atoms with Crippen LogP contribution in [0.2, 0.25) is 0 Å². The van der Waals surface area contributed by atoms with E-state index in [1.807, 2.05) is 45.0 Å². The lowest BCUT2D eigenvalue weighted by molar-refractivity contribution is 0.0507. The number of rotatable bonds is 4. The zero-order chi connectivity index (χ0) is 14.7. The van der Waals surface area contributed by atoms with Crippen LogP contribution in [0.1, 0.15) is 34.1 Å². The normalized spacial score (nSPS) is 10.6. The van der Waals surface area contributed by atoms with Gasteiger partial charge in [0.1, 0.15) is 10.6 Å². The molecule has 0 amide bonds. The average Bonchev–Trinajstić information content (AvgIpc) is 2.72. The van der Waals surface area contributed by atoms with E-state index in [1.165, 1.54) is 16.9 Å². The Labute approximate surface area is 123 Å². The van der Waals surface area contributed by atoms with Crippen LogP contribution in [0.3, 0.4) is 0 Å². The minimum atomic E-state index is -0.329. The molecule has 106 valence electrons. The van der Waals surface area contributed by atoms with Crippen LogP contribution in [0, 0.1) is 13.8 Å². The zero-order valence-electron chi connectivity index (χ0n) is 12.0. The van der Waals surface area contributed by atoms with Crippen LogP contribution in [0.15, 0.2) is 24.3 Å². The average molecular weight is 289 g/mol. The summed E-state index contributed by atoms with van der Waals surface area (Å²) in [5.41, 5.74) is 9.59. The molecule has 0 saturated carbocycles. The Balaban J connectivity index is 2.47. The SMILES string of the molecule is CCCOC(=O)c1c(N)sc(C)c1-c1ccc(C)cc1. The third-order valence-corrected chi connectivity index (χ3v) is 4.03. The smallest absolute Gasteiger partial charge is 0.341 e. The third-order valence-electron chi connectivity index (χ3n) is 3.09. The fraction of sp³-hybridized carbons (Fsp3) is 0.312. The Morgan fingerprint density at radius 2 is 1.90 bits per heavy atom. The van der Waals surface area contributed by atoms with Crippen molar-refractivity contribution in [3.8, 4) is 11.1 Å². The highest BCUT2D eigenvalue weighted by Gasteiger charge is 2.22. The highest BCUT2D eigenvalue weighted by molar-refractivity contribution is 7.16. The number of aryl methyl sites for hydroxylation is 2. The maximum Gasteiger partial charge on any atom is 0.341 e. The number of ether oxygens (including phenoxy) is 1. The molecule has 0 aliphatic carbocycles. The van der Waals surface area contributed by atoms with Crippen LogP contribution >= 0.6 is 11.3 Å². The molecule has 0 saturated heterocycles. The van der Waals surface area contributed by atoms with E-state index >= 15 is 0 Å². The van der Waals surface area contributed by atoms with Crippen molar-refractivity contribution >= 4 is 22.3 Å². The van der Waals surface area contributed by atoms with Crippen molar-refractivity contribution in [3.63, 3.8) is 0 Å². The summed E-state index contributed by atoms with van der Waals surface area (Å²) in [5, 5.41) is 0.527. The lowest BCUT2D eigenvalue weighted by Crippen LogP contribution is -2.08. The maximum atomic E-state index is 12.2. The number of nitrogen functional groups attached to an aromatic ring is 1. The molecule has 4 heteroatoms. The quantitative estimate of drug-likeness (QED) is 0.859. The summed E-state index contributed by atoms with van der Waals surface area (Å²) in [6.45, 7) is 6.40. The molecule has 3 nitrogen and oxygen atoms in total. The molecule has 20 heavy (non-hydrogen) atoms. The van der Waals surface area contributed by atoms with E-state index in [2.05, 4.69) is 0 Å². The summed E-state index contributed by atoms with van der Waals surface area (Å²) >= 11 is 1.43. The van der Waals surface area contributed by atoms with Gasteiger partial charge in [-0.25, -0.2) is 4.79 Å². The van der Waals surface area contributed by atoms with Gasteiger partial charge in [-0.05, 0) is 25.8 Å². The van der Waals surface area contributed by atoms with Crippen LogP contribution in [-0.2, 0) is 4.74 Å². The second-order valence-corrected chi connectivity index (χ2v) is 6.03. The van der Waals surface area contributed by atoms with E-state index < -0.39 is 0 Å². The van der Waals surface area contributed by atoms with Gasteiger partial charge in [-0.1, -0.05) is 36.8 Å². The van der Waals surface area contributed by atoms with Crippen molar-refractivity contribution in [2.45, 2.75) is 27.2 Å². The standard InChI is InChI=1S/C16H19NO2S/c1-4-9-19-16(18)14-13(11(3)20-15(14)17)12-7-5-10(2)6-8-12/h5-8H,4,9,17H2,1-3H3. The van der Waals surface area contributed by atoms with E-state index in [9.17, 15) is 4.79 Å². The van der Waals surface area contributed by atoms with Crippen LogP contribution < -0.4 is 5.73 Å². The molecule has 0 aliphatic heterocycles. The number of carbonyl (C=O) groups is 1. The van der Waals surface area contributed by atoms with Gasteiger partial charge in [-0.2, -0.15) is 0 Å². The summed E-state index contributed by atoms with van der Waals surface area (Å²) in [4.78, 5) is 13.2. The fourth-order valence-corrected chi connectivity index (χ4v) is 3.04. The van der Waals surface area contributed by atoms with E-state index in [4.69, 9.17) is 10.5 Å². The number of thiophene rings is 1. The number of anilines is 1. The lowest BCUT2D eigenvalue weighted by Gasteiger charge is -2.07. The summed E-state index contributed by atoms with van der Waals surface area (Å²) in [7, 11) is 0. The van der Waals surface area contributed by atoms with Gasteiger partial charge in [0.05, 0.1) is 6.61 Å². The highest BCUT2D eigenvalue weighted by Crippen LogP contribution is 2.38. The van der Waals surface area contributed by atoms with E-state index in [0.717, 1.165) is 22.4 Å². The van der Waals surface area contributed by atoms with Gasteiger partial charge in [0, 0.05) is 10.4 Å². The molecule has 2 aromatic rings. The number of nitrogens with two attached hydrogens (primary N) is 1. The first-order valence-corrected chi connectivity index (χ1v) is 7.49. The second-order valence-electron chi connectivity index (χ2n) is 4.77. The zero-order valence-corrected chi connectivity index (χ0v) is 12.8. The first-order valence-electron chi connectivity index (χ1n) is 6.67. The van der Waals surface area contributed by atoms with Gasteiger partial charge >= 0.3 is 5.97 Å². The van der Waals surface area contributed by atoms with Gasteiger partial charge < -0.3 is 10.5 Å². The number of carbonyl (C=O) groups excluding carboxylic acids is 1. The van der Waals surface area contributed by atoms with Gasteiger partial charge in [-0.15, -0.1) is 11.3 Å². The first-order chi connectivity index (χ1) is 9.54. The van der Waals surface area contributed by atoms with Gasteiger partial charge in [0.15, 0.2) is 0 Å². The van der Waals surface area contributed by atoms with Crippen molar-refractivity contribution < 1.29 is 9.53 Å². The third kappa shape index (κ3) is 2.85. The fourth-order valence-electron chi connectivity index (χ4n) is 2.10. The van der Waals surface area contributed by atoms with Crippen molar-refractivity contribution in [1.29, 1.82) is 0 Å². The van der Waals surface area contributed by atoms with Gasteiger partial charge in [-0.3, -0.25) is 0 Å². The molecular formula is C16H19NO2S. The first kappa shape index (κ1) is 14.6. The summed E-state index contributed by atoms with van der Waals surface area (Å²) in [6, 6.07) is 8.09. The second kappa shape index (κ2) is 6.09. The van der Waals surface area contributed by atoms with Crippen molar-refractivity contribution in [3.05, 3.63) is 40.3 Å². The van der Waals surface area contributed by atoms with Gasteiger partial charge in [0.2, 0.25) is 0 Å². The number of hydrogen-bond acceptors (Lipinski definition) is 4. The molecule has 0 fully saturated rings. The van der Waals surface area contributed by atoms with Crippen LogP contribution in [0.25, 0.3) is 11.1 Å². The van der Waals surface area contributed by atoms with Crippen LogP contribution in [0.4, 0.5) is 5.00 Å². The molecule has 0 atom stereocenters. The predicted octanol–water partition coefficient (Wildman–Crippen LogP) is 4.18.